The first-order chi connectivity index (χ1) is 6.79. The van der Waals surface area contributed by atoms with Gasteiger partial charge in [0.25, 0.3) is 0 Å². The molecule has 1 aromatic carbocycles. The molecule has 1 aromatic rings. The van der Waals surface area contributed by atoms with Crippen LogP contribution >= 0.6 is 24.0 Å². The third kappa shape index (κ3) is 2.96. The zero-order chi connectivity index (χ0) is 10.4. The summed E-state index contributed by atoms with van der Waals surface area (Å²) in [5.41, 5.74) is 2.41. The molecule has 0 nitrogen and oxygen atoms in total. The minimum Gasteiger partial charge on any atom is -0.117 e. The Kier molecular flexibility index (Phi) is 4.91. The van der Waals surface area contributed by atoms with Crippen molar-refractivity contribution in [2.24, 2.45) is 0 Å². The van der Waals surface area contributed by atoms with Gasteiger partial charge in [0, 0.05) is 5.57 Å². The lowest BCUT2D eigenvalue weighted by molar-refractivity contribution is 1.23. The van der Waals surface area contributed by atoms with E-state index in [2.05, 4.69) is 25.1 Å². The average molecular weight is 222 g/mol. The van der Waals surface area contributed by atoms with Crippen molar-refractivity contribution in [3.05, 3.63) is 42.0 Å². The molecule has 0 N–H and O–H groups in total. The van der Waals surface area contributed by atoms with Crippen LogP contribution in [-0.2, 0) is 0 Å². The summed E-state index contributed by atoms with van der Waals surface area (Å²) in [6.45, 7) is 2.13. The van der Waals surface area contributed by atoms with E-state index in [1.54, 1.807) is 11.8 Å². The maximum Gasteiger partial charge on any atom is 0.0778 e. The second-order valence-electron chi connectivity index (χ2n) is 2.88. The molecule has 0 heterocycles. The molecule has 0 unspecified atom stereocenters. The predicted octanol–water partition coefficient (Wildman–Crippen LogP) is 4.17. The van der Waals surface area contributed by atoms with E-state index in [1.807, 2.05) is 24.5 Å². The molecular weight excluding hydrogens is 208 g/mol. The summed E-state index contributed by atoms with van der Waals surface area (Å²) >= 11 is 6.95. The number of hydrogen-bond acceptors (Lipinski definition) is 2. The minimum atomic E-state index is 0.970. The SMILES string of the molecule is CC/C=C(\C(=S)SC)c1ccccc1. The van der Waals surface area contributed by atoms with Crippen LogP contribution in [0, 0.1) is 0 Å². The van der Waals surface area contributed by atoms with Crippen molar-refractivity contribution in [1.29, 1.82) is 0 Å². The van der Waals surface area contributed by atoms with Gasteiger partial charge in [-0.15, -0.1) is 11.8 Å². The first-order valence-corrected chi connectivity index (χ1v) is 6.26. The maximum atomic E-state index is 5.32. The van der Waals surface area contributed by atoms with Gasteiger partial charge >= 0.3 is 0 Å². The Morgan fingerprint density at radius 2 is 2.00 bits per heavy atom. The molecule has 1 rings (SSSR count). The number of hydrogen-bond donors (Lipinski definition) is 0. The van der Waals surface area contributed by atoms with Crippen molar-refractivity contribution in [3.8, 4) is 0 Å². The highest BCUT2D eigenvalue weighted by atomic mass is 32.2. The standard InChI is InChI=1S/C12H14S2/c1-3-7-11(12(13)14-2)10-8-5-4-6-9-10/h4-9H,3H2,1-2H3/b11-7-. The number of benzene rings is 1. The molecule has 0 atom stereocenters. The van der Waals surface area contributed by atoms with Crippen LogP contribution in [0.1, 0.15) is 18.9 Å². The van der Waals surface area contributed by atoms with Crippen LogP contribution in [0.3, 0.4) is 0 Å². The molecule has 74 valence electrons. The molecule has 0 aromatic heterocycles. The fourth-order valence-electron chi connectivity index (χ4n) is 1.25. The predicted molar refractivity (Wildman–Crippen MR) is 70.8 cm³/mol. The zero-order valence-corrected chi connectivity index (χ0v) is 10.1. The Labute approximate surface area is 95.4 Å². The van der Waals surface area contributed by atoms with Crippen molar-refractivity contribution >= 4 is 33.7 Å². The molecule has 0 amide bonds. The summed E-state index contributed by atoms with van der Waals surface area (Å²) in [6.07, 6.45) is 5.23. The largest absolute Gasteiger partial charge is 0.117 e. The lowest BCUT2D eigenvalue weighted by Crippen LogP contribution is -1.93. The van der Waals surface area contributed by atoms with E-state index in [0.717, 1.165) is 10.6 Å². The smallest absolute Gasteiger partial charge is 0.0778 e. The van der Waals surface area contributed by atoms with Gasteiger partial charge in [0.2, 0.25) is 0 Å². The van der Waals surface area contributed by atoms with Crippen molar-refractivity contribution in [1.82, 2.24) is 0 Å². The Balaban J connectivity index is 3.02. The Morgan fingerprint density at radius 1 is 1.36 bits per heavy atom. The lowest BCUT2D eigenvalue weighted by atomic mass is 10.1. The van der Waals surface area contributed by atoms with Gasteiger partial charge in [-0.25, -0.2) is 0 Å². The highest BCUT2D eigenvalue weighted by Gasteiger charge is 2.04. The van der Waals surface area contributed by atoms with Gasteiger partial charge < -0.3 is 0 Å². The molecule has 2 heteroatoms. The topological polar surface area (TPSA) is 0 Å². The van der Waals surface area contributed by atoms with E-state index < -0.39 is 0 Å². The summed E-state index contributed by atoms with van der Waals surface area (Å²) in [4.78, 5) is 0. The molecule has 0 radical (unpaired) electrons. The van der Waals surface area contributed by atoms with Crippen LogP contribution < -0.4 is 0 Å². The van der Waals surface area contributed by atoms with Crippen molar-refractivity contribution in [2.75, 3.05) is 6.26 Å². The molecule has 14 heavy (non-hydrogen) atoms. The molecule has 0 bridgehead atoms. The van der Waals surface area contributed by atoms with Crippen LogP contribution in [-0.4, -0.2) is 10.5 Å². The summed E-state index contributed by atoms with van der Waals surface area (Å²) in [5, 5.41) is 0. The van der Waals surface area contributed by atoms with E-state index in [1.165, 1.54) is 11.1 Å². The van der Waals surface area contributed by atoms with E-state index in [4.69, 9.17) is 12.2 Å². The summed E-state index contributed by atoms with van der Waals surface area (Å²) in [5.74, 6) is 0. The highest BCUT2D eigenvalue weighted by Crippen LogP contribution is 2.22. The number of rotatable bonds is 3. The monoisotopic (exact) mass is 222 g/mol. The fraction of sp³-hybridized carbons (Fsp3) is 0.250. The first-order valence-electron chi connectivity index (χ1n) is 4.63. The van der Waals surface area contributed by atoms with Crippen molar-refractivity contribution < 1.29 is 0 Å². The number of allylic oxidation sites excluding steroid dienone is 1. The fourth-order valence-corrected chi connectivity index (χ4v) is 1.87. The second-order valence-corrected chi connectivity index (χ2v) is 4.37. The Bertz CT molecular complexity index is 325. The molecule has 0 aliphatic rings. The van der Waals surface area contributed by atoms with Crippen molar-refractivity contribution in [3.63, 3.8) is 0 Å². The van der Waals surface area contributed by atoms with Crippen molar-refractivity contribution in [2.45, 2.75) is 13.3 Å². The van der Waals surface area contributed by atoms with E-state index >= 15 is 0 Å². The highest BCUT2D eigenvalue weighted by molar-refractivity contribution is 8.24. The second kappa shape index (κ2) is 5.99. The summed E-state index contributed by atoms with van der Waals surface area (Å²) in [7, 11) is 0. The van der Waals surface area contributed by atoms with E-state index in [9.17, 15) is 0 Å². The number of thiocarbonyl (C=S) groups is 1. The Morgan fingerprint density at radius 3 is 2.50 bits per heavy atom. The van der Waals surface area contributed by atoms with Gasteiger partial charge in [0.15, 0.2) is 0 Å². The molecular formula is C12H14S2. The van der Waals surface area contributed by atoms with Gasteiger partial charge in [-0.2, -0.15) is 0 Å². The van der Waals surface area contributed by atoms with Gasteiger partial charge in [-0.05, 0) is 18.2 Å². The normalized spacial score (nSPS) is 11.4. The molecule has 0 fully saturated rings. The van der Waals surface area contributed by atoms with Gasteiger partial charge in [0.1, 0.15) is 0 Å². The van der Waals surface area contributed by atoms with Crippen LogP contribution in [0.5, 0.6) is 0 Å². The molecule has 0 aliphatic carbocycles. The molecule has 0 saturated carbocycles. The first kappa shape index (κ1) is 11.5. The third-order valence-electron chi connectivity index (χ3n) is 1.90. The van der Waals surface area contributed by atoms with Crippen LogP contribution in [0.4, 0.5) is 0 Å². The lowest BCUT2D eigenvalue weighted by Gasteiger charge is -2.06. The van der Waals surface area contributed by atoms with Crippen LogP contribution in [0.15, 0.2) is 36.4 Å². The maximum absolute atomic E-state index is 5.32. The molecule has 0 spiro atoms. The quantitative estimate of drug-likeness (QED) is 0.556. The number of thioether (sulfide) groups is 1. The van der Waals surface area contributed by atoms with Gasteiger partial charge in [0.05, 0.1) is 4.20 Å². The summed E-state index contributed by atoms with van der Waals surface area (Å²) in [6, 6.07) is 10.3. The Hall–Kier alpha value is -0.600. The average Bonchev–Trinajstić information content (AvgIpc) is 2.26. The molecule has 0 aliphatic heterocycles. The molecule has 0 saturated heterocycles. The van der Waals surface area contributed by atoms with E-state index in [0.29, 0.717) is 0 Å². The van der Waals surface area contributed by atoms with Crippen LogP contribution in [0.25, 0.3) is 5.57 Å². The van der Waals surface area contributed by atoms with E-state index in [-0.39, 0.29) is 0 Å². The minimum absolute atomic E-state index is 0.970. The zero-order valence-electron chi connectivity index (χ0n) is 8.49. The van der Waals surface area contributed by atoms with Gasteiger partial charge in [-0.3, -0.25) is 0 Å². The summed E-state index contributed by atoms with van der Waals surface area (Å²) < 4.78 is 0.970. The third-order valence-corrected chi connectivity index (χ3v) is 3.21. The van der Waals surface area contributed by atoms with Crippen LogP contribution in [0.2, 0.25) is 0 Å². The van der Waals surface area contributed by atoms with Gasteiger partial charge in [-0.1, -0.05) is 55.5 Å².